The van der Waals surface area contributed by atoms with E-state index >= 15 is 0 Å². The van der Waals surface area contributed by atoms with E-state index in [1.165, 1.54) is 0 Å². The Balaban J connectivity index is 1.38. The van der Waals surface area contributed by atoms with Crippen molar-refractivity contribution in [3.05, 3.63) is 130 Å². The molecule has 1 unspecified atom stereocenters. The van der Waals surface area contributed by atoms with Gasteiger partial charge in [0, 0.05) is 11.1 Å². The molecule has 0 saturated carbocycles. The van der Waals surface area contributed by atoms with Crippen molar-refractivity contribution >= 4 is 5.71 Å². The number of nitriles is 2. The van der Waals surface area contributed by atoms with E-state index in [1.807, 2.05) is 12.3 Å². The quantitative estimate of drug-likeness (QED) is 0.0973. The summed E-state index contributed by atoms with van der Waals surface area (Å²) >= 11 is 0. The van der Waals surface area contributed by atoms with Gasteiger partial charge in [0.15, 0.2) is 41.1 Å². The molecule has 0 bridgehead atoms. The third kappa shape index (κ3) is 3.96. The molecule has 2 aliphatic carbocycles. The monoisotopic (exact) mass is 592 g/mol. The molecule has 2 aliphatic rings. The Morgan fingerprint density at radius 3 is 1.61 bits per heavy atom. The summed E-state index contributed by atoms with van der Waals surface area (Å²) in [6, 6.07) is 16.6. The lowest BCUT2D eigenvalue weighted by molar-refractivity contribution is 0.447. The molecule has 7 rings (SSSR count). The lowest BCUT2D eigenvalue weighted by Crippen LogP contribution is -2.15. The van der Waals surface area contributed by atoms with E-state index in [2.05, 4.69) is 10.3 Å². The summed E-state index contributed by atoms with van der Waals surface area (Å²) in [6.45, 7) is 0. The van der Waals surface area contributed by atoms with Gasteiger partial charge in [-0.15, -0.1) is 0 Å². The highest BCUT2D eigenvalue weighted by Gasteiger charge is 2.34. The molecule has 10 heteroatoms. The van der Waals surface area contributed by atoms with Crippen molar-refractivity contribution < 1.29 is 26.3 Å². The third-order valence-corrected chi connectivity index (χ3v) is 7.98. The average molecular weight is 593 g/mol. The van der Waals surface area contributed by atoms with E-state index in [1.54, 1.807) is 48.7 Å². The predicted octanol–water partition coefficient (Wildman–Crippen LogP) is 8.29. The van der Waals surface area contributed by atoms with Crippen LogP contribution in [0, 0.1) is 57.8 Å². The highest BCUT2D eigenvalue weighted by Crippen LogP contribution is 2.50. The molecule has 1 atom stereocenters. The molecule has 0 aliphatic heterocycles. The van der Waals surface area contributed by atoms with Crippen molar-refractivity contribution in [1.29, 1.82) is 10.5 Å². The van der Waals surface area contributed by atoms with Crippen LogP contribution < -0.4 is 5.32 Å². The molecule has 0 heterocycles. The highest BCUT2D eigenvalue weighted by molar-refractivity contribution is 6.25. The largest absolute Gasteiger partial charge is 0.312 e. The first-order chi connectivity index (χ1) is 21.2. The van der Waals surface area contributed by atoms with Crippen molar-refractivity contribution in [2.45, 2.75) is 6.04 Å². The van der Waals surface area contributed by atoms with Gasteiger partial charge in [0.1, 0.15) is 0 Å². The number of rotatable bonds is 3. The number of nitrogens with zero attached hydrogens (tertiary/aromatic N) is 3. The first kappa shape index (κ1) is 27.0. The summed E-state index contributed by atoms with van der Waals surface area (Å²) in [5, 5.41) is 21.9. The van der Waals surface area contributed by atoms with Gasteiger partial charge in [0.05, 0.1) is 11.8 Å². The van der Waals surface area contributed by atoms with Crippen LogP contribution in [0.25, 0.3) is 44.5 Å². The fourth-order valence-corrected chi connectivity index (χ4v) is 6.04. The van der Waals surface area contributed by atoms with Gasteiger partial charge in [0.25, 0.3) is 0 Å². The van der Waals surface area contributed by atoms with Crippen molar-refractivity contribution in [3.63, 3.8) is 0 Å². The minimum absolute atomic E-state index is 0.0999. The Labute approximate surface area is 245 Å². The van der Waals surface area contributed by atoms with Crippen molar-refractivity contribution in [2.24, 2.45) is 4.99 Å². The van der Waals surface area contributed by atoms with Gasteiger partial charge >= 0.3 is 0 Å². The molecular weight excluding hydrogens is 578 g/mol. The summed E-state index contributed by atoms with van der Waals surface area (Å²) in [5.41, 5.74) is 6.62. The number of hydrogen-bond donors (Lipinski definition) is 1. The number of benzene rings is 5. The first-order valence-electron chi connectivity index (χ1n) is 13.1. The van der Waals surface area contributed by atoms with Crippen LogP contribution in [0.4, 0.5) is 26.3 Å². The normalized spacial score (nSPS) is 14.8. The zero-order chi connectivity index (χ0) is 30.9. The molecule has 0 aromatic heterocycles. The Kier molecular flexibility index (Phi) is 6.05. The number of halogens is 6. The molecule has 1 N–H and O–H groups in total. The van der Waals surface area contributed by atoms with E-state index in [-0.39, 0.29) is 11.1 Å². The summed E-state index contributed by atoms with van der Waals surface area (Å²) in [6.07, 6.45) is 3.74. The number of aliphatic imine (C=N–C) groups is 1. The molecule has 0 fully saturated rings. The minimum atomic E-state index is -1.58. The predicted molar refractivity (Wildman–Crippen MR) is 150 cm³/mol. The SMILES string of the molecule is N#CN=C1c2cc(-c3cc(F)c(F)c(F)c3)ccc2-c2cc3c(cc21)C(NC#N)c1cc(-c2cc(F)c(F)c(F)c2)ccc1-3. The molecular formula is C34H14F6N4. The molecule has 4 nitrogen and oxygen atoms in total. The third-order valence-electron chi connectivity index (χ3n) is 7.98. The van der Waals surface area contributed by atoms with Crippen molar-refractivity contribution in [1.82, 2.24) is 5.32 Å². The fourth-order valence-electron chi connectivity index (χ4n) is 6.04. The summed E-state index contributed by atoms with van der Waals surface area (Å²) in [7, 11) is 0. The van der Waals surface area contributed by atoms with E-state index in [0.29, 0.717) is 50.2 Å². The van der Waals surface area contributed by atoms with Gasteiger partial charge in [0.2, 0.25) is 6.19 Å². The lowest BCUT2D eigenvalue weighted by Gasteiger charge is -2.13. The molecule has 5 aromatic rings. The smallest absolute Gasteiger partial charge is 0.206 e. The summed E-state index contributed by atoms with van der Waals surface area (Å²) in [4.78, 5) is 4.04. The molecule has 212 valence electrons. The Hall–Kier alpha value is -5.87. The van der Waals surface area contributed by atoms with Crippen molar-refractivity contribution in [3.8, 4) is 56.9 Å². The van der Waals surface area contributed by atoms with E-state index < -0.39 is 40.9 Å². The van der Waals surface area contributed by atoms with Gasteiger partial charge in [-0.25, -0.2) is 26.3 Å². The summed E-state index contributed by atoms with van der Waals surface area (Å²) in [5.74, 6) is -8.47. The molecule has 0 saturated heterocycles. The number of fused-ring (bicyclic) bond motifs is 6. The van der Waals surface area contributed by atoms with E-state index in [9.17, 15) is 36.9 Å². The molecule has 5 aromatic carbocycles. The number of nitrogens with one attached hydrogen (secondary N) is 1. The van der Waals surface area contributed by atoms with Crippen LogP contribution in [0.5, 0.6) is 0 Å². The van der Waals surface area contributed by atoms with Crippen LogP contribution in [0.2, 0.25) is 0 Å². The molecule has 0 amide bonds. The second kappa shape index (κ2) is 9.85. The maximum Gasteiger partial charge on any atom is 0.206 e. The molecule has 0 radical (unpaired) electrons. The van der Waals surface area contributed by atoms with Crippen LogP contribution in [0.1, 0.15) is 28.3 Å². The minimum Gasteiger partial charge on any atom is -0.312 e. The van der Waals surface area contributed by atoms with Crippen LogP contribution in [-0.2, 0) is 0 Å². The maximum absolute atomic E-state index is 14.0. The van der Waals surface area contributed by atoms with Gasteiger partial charge in [-0.3, -0.25) is 0 Å². The Morgan fingerprint density at radius 1 is 0.523 bits per heavy atom. The van der Waals surface area contributed by atoms with Crippen LogP contribution in [0.3, 0.4) is 0 Å². The zero-order valence-electron chi connectivity index (χ0n) is 22.1. The summed E-state index contributed by atoms with van der Waals surface area (Å²) < 4.78 is 83.1. The van der Waals surface area contributed by atoms with Crippen LogP contribution in [0.15, 0.2) is 77.8 Å². The number of hydrogen-bond acceptors (Lipinski definition) is 4. The maximum atomic E-state index is 14.0. The Morgan fingerprint density at radius 2 is 1.05 bits per heavy atom. The van der Waals surface area contributed by atoms with E-state index in [4.69, 9.17) is 0 Å². The van der Waals surface area contributed by atoms with Gasteiger partial charge < -0.3 is 5.32 Å². The van der Waals surface area contributed by atoms with Gasteiger partial charge in [-0.05, 0) is 104 Å². The van der Waals surface area contributed by atoms with Crippen LogP contribution in [-0.4, -0.2) is 5.71 Å². The fraction of sp³-hybridized carbons (Fsp3) is 0.0294. The topological polar surface area (TPSA) is 72.0 Å². The van der Waals surface area contributed by atoms with Gasteiger partial charge in [-0.1, -0.05) is 24.3 Å². The zero-order valence-corrected chi connectivity index (χ0v) is 22.1. The first-order valence-corrected chi connectivity index (χ1v) is 13.1. The molecule has 0 spiro atoms. The Bertz CT molecular complexity index is 2160. The van der Waals surface area contributed by atoms with Crippen LogP contribution >= 0.6 is 0 Å². The lowest BCUT2D eigenvalue weighted by atomic mass is 9.96. The molecule has 44 heavy (non-hydrogen) atoms. The van der Waals surface area contributed by atoms with Crippen molar-refractivity contribution in [2.75, 3.05) is 0 Å². The van der Waals surface area contributed by atoms with E-state index in [0.717, 1.165) is 35.4 Å². The standard InChI is InChI=1S/C34H14F6N4/c35-27-7-17(8-28(36)31(27)39)15-1-3-19-21-11-22-20-4-2-16(18-9-29(37)32(40)30(38)10-18)6-24(20)34(44-14-42)26(22)12-25(21)33(43-13-41)23(19)5-15/h1-12,33,43H. The second-order valence-electron chi connectivity index (χ2n) is 10.3. The average Bonchev–Trinajstić information content (AvgIpc) is 3.48. The van der Waals surface area contributed by atoms with Gasteiger partial charge in [-0.2, -0.15) is 15.5 Å². The highest BCUT2D eigenvalue weighted by atomic mass is 19.2. The second-order valence-corrected chi connectivity index (χ2v) is 10.3.